The lowest BCUT2D eigenvalue weighted by Gasteiger charge is -2.39. The second-order valence-corrected chi connectivity index (χ2v) is 16.0. The minimum absolute atomic E-state index is 0.0734. The molecule has 3 aromatic rings. The molecule has 62 heavy (non-hydrogen) atoms. The van der Waals surface area contributed by atoms with Gasteiger partial charge in [0.25, 0.3) is 5.91 Å². The number of allylic oxidation sites excluding steroid dienone is 1. The van der Waals surface area contributed by atoms with Crippen molar-refractivity contribution in [3.63, 3.8) is 0 Å². The summed E-state index contributed by atoms with van der Waals surface area (Å²) in [6, 6.07) is -0.0329. The van der Waals surface area contributed by atoms with Crippen LogP contribution in [0.4, 0.5) is 17.5 Å². The number of fused-ring (bicyclic) bond motifs is 1. The number of rotatable bonds is 23. The smallest absolute Gasteiger partial charge is 0.259 e. The van der Waals surface area contributed by atoms with Crippen molar-refractivity contribution in [2.24, 2.45) is 13.0 Å². The van der Waals surface area contributed by atoms with E-state index in [0.29, 0.717) is 70.8 Å². The number of aryl methyl sites for hydroxylation is 1. The summed E-state index contributed by atoms with van der Waals surface area (Å²) in [7, 11) is 1.91. The van der Waals surface area contributed by atoms with Gasteiger partial charge in [0, 0.05) is 76.4 Å². The molecule has 2 atom stereocenters. The Morgan fingerprint density at radius 3 is 2.44 bits per heavy atom. The van der Waals surface area contributed by atoms with Crippen LogP contribution < -0.4 is 21.3 Å². The molecule has 6 heterocycles. The van der Waals surface area contributed by atoms with Gasteiger partial charge >= 0.3 is 0 Å². The zero-order valence-corrected chi connectivity index (χ0v) is 35.6. The van der Waals surface area contributed by atoms with E-state index in [4.69, 9.17) is 28.9 Å². The van der Waals surface area contributed by atoms with E-state index in [1.165, 1.54) is 6.20 Å². The van der Waals surface area contributed by atoms with E-state index < -0.39 is 35.6 Å². The quantitative estimate of drug-likeness (QED) is 0.0464. The van der Waals surface area contributed by atoms with E-state index in [0.717, 1.165) is 92.3 Å². The maximum Gasteiger partial charge on any atom is 0.259 e. The number of nitrogens with zero attached hydrogens (tertiary/aromatic N) is 8. The summed E-state index contributed by atoms with van der Waals surface area (Å²) in [5, 5.41) is 21.2. The van der Waals surface area contributed by atoms with Crippen LogP contribution in [-0.2, 0) is 51.7 Å². The van der Waals surface area contributed by atoms with Crippen LogP contribution in [0.25, 0.3) is 11.0 Å². The van der Waals surface area contributed by atoms with Gasteiger partial charge in [-0.3, -0.25) is 43.7 Å². The number of likely N-dealkylation sites (tertiary alicyclic amines) is 1. The third-order valence-electron chi connectivity index (χ3n) is 11.7. The number of imide groups is 2. The molecule has 7 rings (SSSR count). The van der Waals surface area contributed by atoms with Crippen molar-refractivity contribution < 1.29 is 38.1 Å². The maximum atomic E-state index is 13.1. The van der Waals surface area contributed by atoms with Crippen LogP contribution in [0.15, 0.2) is 43.0 Å². The highest BCUT2D eigenvalue weighted by atomic mass is 16.5. The summed E-state index contributed by atoms with van der Waals surface area (Å²) in [6.07, 6.45) is 15.1. The monoisotopic (exact) mass is 860 g/mol. The van der Waals surface area contributed by atoms with Crippen molar-refractivity contribution in [1.82, 2.24) is 50.0 Å². The topological polar surface area (TPSA) is 221 Å². The summed E-state index contributed by atoms with van der Waals surface area (Å²) in [4.78, 5) is 63.3. The van der Waals surface area contributed by atoms with Crippen LogP contribution in [0.5, 0.6) is 0 Å². The molecular formula is C42H60N12O8. The van der Waals surface area contributed by atoms with E-state index in [1.54, 1.807) is 18.5 Å². The van der Waals surface area contributed by atoms with E-state index in [2.05, 4.69) is 42.9 Å². The number of anilines is 3. The third-order valence-corrected chi connectivity index (χ3v) is 11.7. The fourth-order valence-electron chi connectivity index (χ4n) is 8.41. The number of ether oxygens (including phenoxy) is 4. The molecule has 4 aliphatic rings. The lowest BCUT2D eigenvalue weighted by atomic mass is 9.90. The Labute approximate surface area is 361 Å². The van der Waals surface area contributed by atoms with Crippen molar-refractivity contribution in [1.29, 1.82) is 0 Å². The van der Waals surface area contributed by atoms with Crippen LogP contribution >= 0.6 is 0 Å². The highest BCUT2D eigenvalue weighted by Gasteiger charge is 2.48. The van der Waals surface area contributed by atoms with Gasteiger partial charge in [0.15, 0.2) is 5.82 Å². The Morgan fingerprint density at radius 1 is 0.919 bits per heavy atom. The van der Waals surface area contributed by atoms with Crippen LogP contribution in [-0.4, -0.2) is 154 Å². The molecule has 4 fully saturated rings. The predicted molar refractivity (Wildman–Crippen MR) is 228 cm³/mol. The molecule has 0 bridgehead atoms. The number of unbranched alkanes of at least 4 members (excludes halogenated alkanes) is 1. The minimum Gasteiger partial charge on any atom is -0.388 e. The molecule has 3 aliphatic heterocycles. The molecule has 0 spiro atoms. The molecule has 3 saturated heterocycles. The molecule has 4 amide bonds. The Hall–Kier alpha value is -5.28. The molecule has 1 aliphatic carbocycles. The first kappa shape index (κ1) is 44.8. The second-order valence-electron chi connectivity index (χ2n) is 16.0. The number of piperidine rings is 1. The number of carbonyl (C=O) groups is 4. The standard InChI is InChI=1S/C42H60N12O8/c1-3-6-32-33(41(58)54(40(32)57)35-11-12-36(55)49-39(35)56)26-43-13-19-59-17-4-5-18-60-23-24-62-22-16-53-28-30(25-45-53)47-42-48-34-27-44-51(2)37(34)38(50-42)46-29-7-9-31(10-8-29)52-14-20-61-21-15-52/h3,25-29,31-32,35,43H,1,4-24H2,2H3,(H,49,55,56)(H2,46,47,48,50)/b33-26-. The van der Waals surface area contributed by atoms with Crippen molar-refractivity contribution in [3.8, 4) is 0 Å². The van der Waals surface area contributed by atoms with Gasteiger partial charge in [0.1, 0.15) is 17.1 Å². The van der Waals surface area contributed by atoms with Crippen LogP contribution in [0, 0.1) is 5.92 Å². The normalized spacial score (nSPS) is 23.0. The molecule has 2 unspecified atom stereocenters. The Morgan fingerprint density at radius 2 is 1.68 bits per heavy atom. The fourth-order valence-corrected chi connectivity index (χ4v) is 8.41. The lowest BCUT2D eigenvalue weighted by molar-refractivity contribution is -0.150. The average molecular weight is 861 g/mol. The summed E-state index contributed by atoms with van der Waals surface area (Å²) >= 11 is 0. The molecule has 20 nitrogen and oxygen atoms in total. The number of morpholine rings is 1. The maximum absolute atomic E-state index is 13.1. The molecule has 336 valence electrons. The third kappa shape index (κ3) is 11.6. The fraction of sp³-hybridized carbons (Fsp3) is 0.619. The summed E-state index contributed by atoms with van der Waals surface area (Å²) in [5.74, 6) is -1.49. The summed E-state index contributed by atoms with van der Waals surface area (Å²) in [5.41, 5.74) is 2.70. The Balaban J connectivity index is 0.731. The molecule has 4 N–H and O–H groups in total. The highest BCUT2D eigenvalue weighted by molar-refractivity contribution is 6.17. The zero-order chi connectivity index (χ0) is 43.3. The van der Waals surface area contributed by atoms with Gasteiger partial charge in [0.05, 0.1) is 70.2 Å². The minimum atomic E-state index is -0.993. The Bertz CT molecular complexity index is 2040. The van der Waals surface area contributed by atoms with Crippen molar-refractivity contribution >= 4 is 52.1 Å². The average Bonchev–Trinajstić information content (AvgIpc) is 3.95. The van der Waals surface area contributed by atoms with Gasteiger partial charge in [-0.25, -0.2) is 4.98 Å². The first-order chi connectivity index (χ1) is 30.3. The number of nitrogens with one attached hydrogen (secondary N) is 4. The number of hydrogen-bond acceptors (Lipinski definition) is 16. The number of hydrogen-bond donors (Lipinski definition) is 4. The van der Waals surface area contributed by atoms with Gasteiger partial charge in [0.2, 0.25) is 23.7 Å². The summed E-state index contributed by atoms with van der Waals surface area (Å²) in [6.45, 7) is 11.4. The van der Waals surface area contributed by atoms with Crippen molar-refractivity contribution in [2.75, 3.05) is 83.1 Å². The van der Waals surface area contributed by atoms with Crippen LogP contribution in [0.3, 0.4) is 0 Å². The van der Waals surface area contributed by atoms with E-state index >= 15 is 0 Å². The molecule has 0 aromatic carbocycles. The van der Waals surface area contributed by atoms with Gasteiger partial charge in [-0.05, 0) is 51.4 Å². The molecule has 1 saturated carbocycles. The number of amides is 4. The number of aromatic nitrogens is 6. The van der Waals surface area contributed by atoms with Gasteiger partial charge in [-0.2, -0.15) is 15.2 Å². The highest BCUT2D eigenvalue weighted by Crippen LogP contribution is 2.32. The largest absolute Gasteiger partial charge is 0.388 e. The van der Waals surface area contributed by atoms with E-state index in [9.17, 15) is 19.2 Å². The molecule has 3 aromatic heterocycles. The first-order valence-corrected chi connectivity index (χ1v) is 21.8. The SMILES string of the molecule is C=CCC1C(=O)N(C2CCC(=O)NC2=O)C(=O)/C1=C\NCCOCCCCOCCOCCn1cc(Nc2nc(NC3CCC(N4CCOCC4)CC3)c3c(cnn3C)n2)cn1. The van der Waals surface area contributed by atoms with Gasteiger partial charge < -0.3 is 34.9 Å². The van der Waals surface area contributed by atoms with Crippen LogP contribution in [0.2, 0.25) is 0 Å². The Kier molecular flexibility index (Phi) is 16.0. The predicted octanol–water partition coefficient (Wildman–Crippen LogP) is 2.03. The van der Waals surface area contributed by atoms with Crippen molar-refractivity contribution in [3.05, 3.63) is 43.0 Å². The zero-order valence-electron chi connectivity index (χ0n) is 35.6. The second kappa shape index (κ2) is 22.2. The van der Waals surface area contributed by atoms with Crippen LogP contribution in [0.1, 0.15) is 57.8 Å². The molecular weight excluding hydrogens is 801 g/mol. The lowest BCUT2D eigenvalue weighted by Crippen LogP contribution is -2.54. The number of carbonyl (C=O) groups excluding carboxylic acids is 4. The van der Waals surface area contributed by atoms with Crippen molar-refractivity contribution in [2.45, 2.75) is 82.5 Å². The van der Waals surface area contributed by atoms with E-state index in [-0.39, 0.29) is 24.8 Å². The summed E-state index contributed by atoms with van der Waals surface area (Å²) < 4.78 is 26.4. The van der Waals surface area contributed by atoms with Gasteiger partial charge in [-0.15, -0.1) is 6.58 Å². The first-order valence-electron chi connectivity index (χ1n) is 21.8. The molecule has 20 heteroatoms. The van der Waals surface area contributed by atoms with Gasteiger partial charge in [-0.1, -0.05) is 6.08 Å². The molecule has 0 radical (unpaired) electrons. The van der Waals surface area contributed by atoms with E-state index in [1.807, 2.05) is 22.6 Å².